The molecule has 2 aromatic carbocycles. The predicted molar refractivity (Wildman–Crippen MR) is 76.9 cm³/mol. The maximum absolute atomic E-state index is 11.0. The van der Waals surface area contributed by atoms with Gasteiger partial charge in [0, 0.05) is 34.5 Å². The van der Waals surface area contributed by atoms with Crippen molar-refractivity contribution in [1.29, 1.82) is 0 Å². The van der Waals surface area contributed by atoms with Gasteiger partial charge in [-0.15, -0.1) is 0 Å². The Morgan fingerprint density at radius 1 is 1.05 bits per heavy atom. The molecule has 0 saturated heterocycles. The summed E-state index contributed by atoms with van der Waals surface area (Å²) in [6.07, 6.45) is 0. The van der Waals surface area contributed by atoms with Gasteiger partial charge in [-0.25, -0.2) is 4.79 Å². The van der Waals surface area contributed by atoms with E-state index < -0.39 is 5.97 Å². The summed E-state index contributed by atoms with van der Waals surface area (Å²) in [6.45, 7) is 0. The molecule has 0 unspecified atom stereocenters. The van der Waals surface area contributed by atoms with Crippen LogP contribution in [-0.4, -0.2) is 46.6 Å². The van der Waals surface area contributed by atoms with Crippen molar-refractivity contribution in [2.45, 2.75) is 4.90 Å². The summed E-state index contributed by atoms with van der Waals surface area (Å²) < 4.78 is 5.48. The molecule has 1 N–H and O–H groups in total. The van der Waals surface area contributed by atoms with Gasteiger partial charge in [-0.2, -0.15) is 0 Å². The number of ether oxygens (including phenoxy) is 1. The van der Waals surface area contributed by atoms with Crippen molar-refractivity contribution in [3.05, 3.63) is 60.2 Å². The van der Waals surface area contributed by atoms with Crippen LogP contribution in [0.1, 0.15) is 10.4 Å². The van der Waals surface area contributed by atoms with Crippen molar-refractivity contribution in [3.8, 4) is 5.75 Å². The zero-order chi connectivity index (χ0) is 12.8. The molecule has 0 atom stereocenters. The molecular formula is C14H12NaO3S. The van der Waals surface area contributed by atoms with Crippen molar-refractivity contribution < 1.29 is 14.6 Å². The number of hydrogen-bond acceptors (Lipinski definition) is 3. The van der Waals surface area contributed by atoms with Crippen LogP contribution in [0.2, 0.25) is 0 Å². The number of hydrogen-bond donors (Lipinski definition) is 1. The van der Waals surface area contributed by atoms with Crippen LogP contribution in [-0.2, 0) is 0 Å². The van der Waals surface area contributed by atoms with Gasteiger partial charge in [-0.1, -0.05) is 42.1 Å². The molecule has 0 fully saturated rings. The third kappa shape index (κ3) is 4.91. The Balaban J connectivity index is 0.00000180. The monoisotopic (exact) mass is 283 g/mol. The van der Waals surface area contributed by atoms with E-state index >= 15 is 0 Å². The van der Waals surface area contributed by atoms with Gasteiger partial charge in [0.15, 0.2) is 0 Å². The van der Waals surface area contributed by atoms with Gasteiger partial charge in [0.05, 0.1) is 0 Å². The molecule has 0 heterocycles. The molecule has 0 aliphatic heterocycles. The molecule has 0 aliphatic rings. The Morgan fingerprint density at radius 2 is 1.68 bits per heavy atom. The van der Waals surface area contributed by atoms with Crippen molar-refractivity contribution in [2.75, 3.05) is 5.94 Å². The first-order valence-electron chi connectivity index (χ1n) is 5.40. The number of rotatable bonds is 5. The molecule has 5 heteroatoms. The van der Waals surface area contributed by atoms with E-state index in [0.29, 0.717) is 11.7 Å². The van der Waals surface area contributed by atoms with Crippen molar-refractivity contribution in [3.63, 3.8) is 0 Å². The number of carboxylic acid groups (broad SMARTS) is 1. The quantitative estimate of drug-likeness (QED) is 0.520. The first-order chi connectivity index (χ1) is 8.77. The normalized spacial score (nSPS) is 9.47. The average molecular weight is 283 g/mol. The van der Waals surface area contributed by atoms with Crippen LogP contribution >= 0.6 is 11.8 Å². The van der Waals surface area contributed by atoms with Crippen molar-refractivity contribution in [2.24, 2.45) is 0 Å². The van der Waals surface area contributed by atoms with Gasteiger partial charge in [0.1, 0.15) is 17.3 Å². The van der Waals surface area contributed by atoms with E-state index in [0.717, 1.165) is 4.90 Å². The predicted octanol–water partition coefficient (Wildman–Crippen LogP) is 3.13. The number of benzene rings is 2. The fourth-order valence-electron chi connectivity index (χ4n) is 1.45. The topological polar surface area (TPSA) is 46.5 Å². The van der Waals surface area contributed by atoms with Crippen LogP contribution in [0.15, 0.2) is 59.5 Å². The molecule has 0 saturated carbocycles. The fraction of sp³-hybridized carbons (Fsp3) is 0.0714. The van der Waals surface area contributed by atoms with E-state index in [-0.39, 0.29) is 35.1 Å². The van der Waals surface area contributed by atoms with E-state index in [2.05, 4.69) is 0 Å². The van der Waals surface area contributed by atoms with E-state index in [9.17, 15) is 4.79 Å². The van der Waals surface area contributed by atoms with Crippen molar-refractivity contribution in [1.82, 2.24) is 0 Å². The summed E-state index contributed by atoms with van der Waals surface area (Å²) in [5.41, 5.74) is 0.186. The zero-order valence-corrected chi connectivity index (χ0v) is 13.4. The average Bonchev–Trinajstić information content (AvgIpc) is 2.40. The molecule has 1 radical (unpaired) electrons. The van der Waals surface area contributed by atoms with Crippen LogP contribution in [0.4, 0.5) is 0 Å². The Kier molecular flexibility index (Phi) is 7.02. The van der Waals surface area contributed by atoms with Gasteiger partial charge in [0.2, 0.25) is 0 Å². The SMILES string of the molecule is O=C(O)c1ccccc1OCSc1ccccc1.[Na]. The standard InChI is InChI=1S/C14H12O3S.Na/c15-14(16)12-8-4-5-9-13(12)17-10-18-11-6-2-1-3-7-11;/h1-9H,10H2,(H,15,16);. The second-order valence-corrected chi connectivity index (χ2v) is 4.52. The van der Waals surface area contributed by atoms with E-state index in [1.807, 2.05) is 30.3 Å². The van der Waals surface area contributed by atoms with Crippen LogP contribution in [0, 0.1) is 0 Å². The summed E-state index contributed by atoms with van der Waals surface area (Å²) in [6, 6.07) is 16.5. The molecule has 2 aromatic rings. The first kappa shape index (κ1) is 16.1. The number of carboxylic acids is 1. The van der Waals surface area contributed by atoms with E-state index in [1.54, 1.807) is 18.2 Å². The zero-order valence-electron chi connectivity index (χ0n) is 10.6. The second kappa shape index (κ2) is 8.27. The second-order valence-electron chi connectivity index (χ2n) is 3.52. The van der Waals surface area contributed by atoms with Crippen LogP contribution < -0.4 is 4.74 Å². The Labute approximate surface area is 138 Å². The van der Waals surface area contributed by atoms with Crippen molar-refractivity contribution >= 4 is 47.3 Å². The summed E-state index contributed by atoms with van der Waals surface area (Å²) in [4.78, 5) is 12.1. The number of thioether (sulfide) groups is 1. The molecule has 2 rings (SSSR count). The Hall–Kier alpha value is -0.940. The molecule has 0 bridgehead atoms. The van der Waals surface area contributed by atoms with Crippen LogP contribution in [0.5, 0.6) is 5.75 Å². The molecule has 0 spiro atoms. The molecule has 0 amide bonds. The third-order valence-corrected chi connectivity index (χ3v) is 3.14. The number of para-hydroxylation sites is 1. The Morgan fingerprint density at radius 3 is 2.37 bits per heavy atom. The van der Waals surface area contributed by atoms with Crippen LogP contribution in [0.3, 0.4) is 0 Å². The van der Waals surface area contributed by atoms with Gasteiger partial charge < -0.3 is 9.84 Å². The fourth-order valence-corrected chi connectivity index (χ4v) is 2.12. The summed E-state index contributed by atoms with van der Waals surface area (Å²) in [5, 5.41) is 9.00. The van der Waals surface area contributed by atoms with E-state index in [1.165, 1.54) is 17.8 Å². The summed E-state index contributed by atoms with van der Waals surface area (Å²) >= 11 is 1.52. The molecule has 0 aliphatic carbocycles. The molecule has 93 valence electrons. The Bertz CT molecular complexity index is 531. The van der Waals surface area contributed by atoms with Gasteiger partial charge in [-0.05, 0) is 24.3 Å². The largest absolute Gasteiger partial charge is 0.482 e. The van der Waals surface area contributed by atoms with Crippen LogP contribution in [0.25, 0.3) is 0 Å². The molecule has 0 aromatic heterocycles. The minimum atomic E-state index is -0.977. The summed E-state index contributed by atoms with van der Waals surface area (Å²) in [5.74, 6) is -0.197. The van der Waals surface area contributed by atoms with Gasteiger partial charge in [-0.3, -0.25) is 0 Å². The first-order valence-corrected chi connectivity index (χ1v) is 6.39. The van der Waals surface area contributed by atoms with E-state index in [4.69, 9.17) is 9.84 Å². The number of carbonyl (C=O) groups is 1. The molecule has 3 nitrogen and oxygen atoms in total. The number of aromatic carboxylic acids is 1. The minimum absolute atomic E-state index is 0. The maximum Gasteiger partial charge on any atom is 0.339 e. The van der Waals surface area contributed by atoms with Gasteiger partial charge in [0.25, 0.3) is 0 Å². The maximum atomic E-state index is 11.0. The summed E-state index contributed by atoms with van der Waals surface area (Å²) in [7, 11) is 0. The minimum Gasteiger partial charge on any atom is -0.482 e. The molecule has 19 heavy (non-hydrogen) atoms. The van der Waals surface area contributed by atoms with Gasteiger partial charge >= 0.3 is 5.97 Å². The smallest absolute Gasteiger partial charge is 0.339 e. The third-order valence-electron chi connectivity index (χ3n) is 2.30. The molecular weight excluding hydrogens is 271 g/mol.